The number of nitrogens with zero attached hydrogens (tertiary/aromatic N) is 4. The number of aromatic nitrogens is 1. The zero-order chi connectivity index (χ0) is 13.5. The van der Waals surface area contributed by atoms with Gasteiger partial charge in [-0.05, 0) is 19.1 Å². The average molecular weight is 246 g/mol. The van der Waals surface area contributed by atoms with Crippen LogP contribution in [0.15, 0.2) is 18.3 Å². The van der Waals surface area contributed by atoms with Gasteiger partial charge in [0, 0.05) is 39.1 Å². The van der Waals surface area contributed by atoms with E-state index in [1.54, 1.807) is 26.4 Å². The van der Waals surface area contributed by atoms with E-state index in [1.807, 2.05) is 13.0 Å². The molecule has 1 heterocycles. The Morgan fingerprint density at radius 3 is 2.78 bits per heavy atom. The fraction of sp³-hybridized carbons (Fsp3) is 0.462. The van der Waals surface area contributed by atoms with E-state index in [4.69, 9.17) is 5.26 Å². The Morgan fingerprint density at radius 1 is 1.50 bits per heavy atom. The number of rotatable bonds is 5. The molecule has 96 valence electrons. The van der Waals surface area contributed by atoms with Gasteiger partial charge in [0.15, 0.2) is 0 Å². The monoisotopic (exact) mass is 246 g/mol. The summed E-state index contributed by atoms with van der Waals surface area (Å²) in [5.74, 6) is -0.117. The van der Waals surface area contributed by atoms with Crippen LogP contribution in [0, 0.1) is 11.3 Å². The van der Waals surface area contributed by atoms with Gasteiger partial charge >= 0.3 is 0 Å². The van der Waals surface area contributed by atoms with Gasteiger partial charge in [0.1, 0.15) is 5.69 Å². The van der Waals surface area contributed by atoms with E-state index in [0.717, 1.165) is 12.2 Å². The lowest BCUT2D eigenvalue weighted by Crippen LogP contribution is -2.26. The van der Waals surface area contributed by atoms with Crippen molar-refractivity contribution in [2.45, 2.75) is 13.3 Å². The lowest BCUT2D eigenvalue weighted by molar-refractivity contribution is 0.0822. The summed E-state index contributed by atoms with van der Waals surface area (Å²) in [6.45, 7) is 3.47. The van der Waals surface area contributed by atoms with Gasteiger partial charge in [-0.15, -0.1) is 0 Å². The Bertz CT molecular complexity index is 451. The summed E-state index contributed by atoms with van der Waals surface area (Å²) in [5.41, 5.74) is 1.35. The molecule has 0 N–H and O–H groups in total. The number of nitriles is 1. The van der Waals surface area contributed by atoms with Crippen molar-refractivity contribution < 1.29 is 4.79 Å². The largest absolute Gasteiger partial charge is 0.371 e. The first kappa shape index (κ1) is 14.0. The van der Waals surface area contributed by atoms with E-state index in [0.29, 0.717) is 18.7 Å². The summed E-state index contributed by atoms with van der Waals surface area (Å²) in [6.07, 6.45) is 2.09. The Morgan fingerprint density at radius 2 is 2.22 bits per heavy atom. The maximum atomic E-state index is 11.8. The lowest BCUT2D eigenvalue weighted by Gasteiger charge is -2.22. The first-order valence-corrected chi connectivity index (χ1v) is 5.89. The molecule has 18 heavy (non-hydrogen) atoms. The van der Waals surface area contributed by atoms with Crippen molar-refractivity contribution in [1.29, 1.82) is 5.26 Å². The van der Waals surface area contributed by atoms with Crippen molar-refractivity contribution in [1.82, 2.24) is 9.88 Å². The third-order valence-electron chi connectivity index (χ3n) is 2.61. The SMILES string of the molecule is CCN(CCC#N)c1ccnc(C(=O)N(C)C)c1. The van der Waals surface area contributed by atoms with Crippen molar-refractivity contribution in [3.63, 3.8) is 0 Å². The number of carbonyl (C=O) groups excluding carboxylic acids is 1. The van der Waals surface area contributed by atoms with Crippen LogP contribution in [0.5, 0.6) is 0 Å². The van der Waals surface area contributed by atoms with Gasteiger partial charge in [-0.1, -0.05) is 0 Å². The highest BCUT2D eigenvalue weighted by Crippen LogP contribution is 2.15. The van der Waals surface area contributed by atoms with Gasteiger partial charge in [-0.2, -0.15) is 5.26 Å². The molecule has 1 aromatic heterocycles. The molecule has 0 aliphatic heterocycles. The molecule has 0 radical (unpaired) electrons. The molecule has 0 bridgehead atoms. The Kier molecular flexibility index (Phi) is 5.12. The molecule has 0 fully saturated rings. The number of amides is 1. The Labute approximate surface area is 108 Å². The highest BCUT2D eigenvalue weighted by Gasteiger charge is 2.12. The molecule has 0 aliphatic carbocycles. The third-order valence-corrected chi connectivity index (χ3v) is 2.61. The maximum Gasteiger partial charge on any atom is 0.272 e. The summed E-state index contributed by atoms with van der Waals surface area (Å²) in [6, 6.07) is 5.75. The smallest absolute Gasteiger partial charge is 0.272 e. The molecule has 1 rings (SSSR count). The number of hydrogen-bond donors (Lipinski definition) is 0. The van der Waals surface area contributed by atoms with Crippen LogP contribution in [0.4, 0.5) is 5.69 Å². The van der Waals surface area contributed by atoms with Gasteiger partial charge in [-0.3, -0.25) is 9.78 Å². The van der Waals surface area contributed by atoms with Gasteiger partial charge < -0.3 is 9.80 Å². The highest BCUT2D eigenvalue weighted by molar-refractivity contribution is 5.92. The number of carbonyl (C=O) groups is 1. The molecule has 0 atom stereocenters. The van der Waals surface area contributed by atoms with Crippen LogP contribution < -0.4 is 4.90 Å². The van der Waals surface area contributed by atoms with Crippen molar-refractivity contribution >= 4 is 11.6 Å². The molecule has 5 nitrogen and oxygen atoms in total. The quantitative estimate of drug-likeness (QED) is 0.790. The second-order valence-corrected chi connectivity index (χ2v) is 4.09. The van der Waals surface area contributed by atoms with Crippen LogP contribution in [-0.2, 0) is 0 Å². The predicted molar refractivity (Wildman–Crippen MR) is 70.4 cm³/mol. The van der Waals surface area contributed by atoms with Crippen LogP contribution in [-0.4, -0.2) is 43.0 Å². The molecule has 0 unspecified atom stereocenters. The fourth-order valence-corrected chi connectivity index (χ4v) is 1.62. The molecule has 1 aromatic rings. The second kappa shape index (κ2) is 6.60. The Hall–Kier alpha value is -2.09. The molecular weight excluding hydrogens is 228 g/mol. The zero-order valence-electron chi connectivity index (χ0n) is 11.1. The van der Waals surface area contributed by atoms with Gasteiger partial charge in [0.25, 0.3) is 5.91 Å². The second-order valence-electron chi connectivity index (χ2n) is 4.09. The average Bonchev–Trinajstić information content (AvgIpc) is 2.39. The predicted octanol–water partition coefficient (Wildman–Crippen LogP) is 1.52. The minimum absolute atomic E-state index is 0.117. The van der Waals surface area contributed by atoms with Crippen molar-refractivity contribution in [2.24, 2.45) is 0 Å². The van der Waals surface area contributed by atoms with E-state index >= 15 is 0 Å². The lowest BCUT2D eigenvalue weighted by atomic mass is 10.2. The van der Waals surface area contributed by atoms with Crippen LogP contribution in [0.2, 0.25) is 0 Å². The summed E-state index contributed by atoms with van der Waals surface area (Å²) in [4.78, 5) is 19.4. The minimum atomic E-state index is -0.117. The van der Waals surface area contributed by atoms with E-state index in [2.05, 4.69) is 16.0 Å². The molecular formula is C13H18N4O. The van der Waals surface area contributed by atoms with Crippen LogP contribution in [0.25, 0.3) is 0 Å². The van der Waals surface area contributed by atoms with Crippen LogP contribution >= 0.6 is 0 Å². The summed E-state index contributed by atoms with van der Waals surface area (Å²) < 4.78 is 0. The Balaban J connectivity index is 2.93. The van der Waals surface area contributed by atoms with Gasteiger partial charge in [0.2, 0.25) is 0 Å². The topological polar surface area (TPSA) is 60.2 Å². The highest BCUT2D eigenvalue weighted by atomic mass is 16.2. The van der Waals surface area contributed by atoms with Gasteiger partial charge in [0.05, 0.1) is 12.5 Å². The summed E-state index contributed by atoms with van der Waals surface area (Å²) in [7, 11) is 3.40. The van der Waals surface area contributed by atoms with E-state index in [-0.39, 0.29) is 5.91 Å². The molecule has 0 aliphatic rings. The van der Waals surface area contributed by atoms with Crippen LogP contribution in [0.1, 0.15) is 23.8 Å². The van der Waals surface area contributed by atoms with Gasteiger partial charge in [-0.25, -0.2) is 0 Å². The van der Waals surface area contributed by atoms with Crippen molar-refractivity contribution in [3.05, 3.63) is 24.0 Å². The minimum Gasteiger partial charge on any atom is -0.371 e. The first-order chi connectivity index (χ1) is 8.60. The molecule has 1 amide bonds. The fourth-order valence-electron chi connectivity index (χ4n) is 1.62. The molecule has 0 aromatic carbocycles. The number of anilines is 1. The first-order valence-electron chi connectivity index (χ1n) is 5.89. The standard InChI is InChI=1S/C13H18N4O/c1-4-17(9-5-7-14)11-6-8-15-12(10-11)13(18)16(2)3/h6,8,10H,4-5,9H2,1-3H3. The molecule has 0 saturated carbocycles. The van der Waals surface area contributed by atoms with E-state index in [9.17, 15) is 4.79 Å². The molecule has 5 heteroatoms. The van der Waals surface area contributed by atoms with E-state index in [1.165, 1.54) is 4.90 Å². The van der Waals surface area contributed by atoms with E-state index < -0.39 is 0 Å². The number of hydrogen-bond acceptors (Lipinski definition) is 4. The summed E-state index contributed by atoms with van der Waals surface area (Å²) in [5, 5.41) is 8.62. The van der Waals surface area contributed by atoms with Crippen molar-refractivity contribution in [3.8, 4) is 6.07 Å². The normalized spacial score (nSPS) is 9.67. The maximum absolute atomic E-state index is 11.8. The third kappa shape index (κ3) is 3.45. The van der Waals surface area contributed by atoms with Crippen molar-refractivity contribution in [2.75, 3.05) is 32.1 Å². The zero-order valence-corrected chi connectivity index (χ0v) is 11.1. The molecule has 0 spiro atoms. The van der Waals surface area contributed by atoms with Crippen LogP contribution in [0.3, 0.4) is 0 Å². The summed E-state index contributed by atoms with van der Waals surface area (Å²) >= 11 is 0. The molecule has 0 saturated heterocycles. The number of pyridine rings is 1.